The molecule has 2 heterocycles. The molecule has 5 nitrogen and oxygen atoms in total. The van der Waals surface area contributed by atoms with E-state index in [9.17, 15) is 8.42 Å². The summed E-state index contributed by atoms with van der Waals surface area (Å²) in [6.45, 7) is 1.74. The van der Waals surface area contributed by atoms with Crippen molar-refractivity contribution in [3.05, 3.63) is 59.1 Å². The van der Waals surface area contributed by atoms with E-state index in [-0.39, 0.29) is 0 Å². The van der Waals surface area contributed by atoms with Gasteiger partial charge in [-0.3, -0.25) is 4.90 Å². The third-order valence-corrected chi connectivity index (χ3v) is 7.97. The Balaban J connectivity index is 1.58. The van der Waals surface area contributed by atoms with E-state index in [2.05, 4.69) is 17.0 Å². The van der Waals surface area contributed by atoms with Gasteiger partial charge < -0.3 is 0 Å². The fourth-order valence-corrected chi connectivity index (χ4v) is 5.69. The standard InChI is InChI=1S/C20H23N3O2S2/c1-22(2)27(24,25)16-8-5-7-15(13-16)14-23-12-6-10-18(23)20-21-17-9-3-4-11-19(17)26-20/h3-5,7-9,11,13,18H,6,10,12,14H2,1-2H3. The molecule has 0 amide bonds. The largest absolute Gasteiger partial charge is 0.290 e. The first-order valence-electron chi connectivity index (χ1n) is 9.06. The molecule has 1 aliphatic rings. The van der Waals surface area contributed by atoms with E-state index < -0.39 is 10.0 Å². The van der Waals surface area contributed by atoms with Crippen molar-refractivity contribution >= 4 is 31.6 Å². The first-order chi connectivity index (χ1) is 12.9. The van der Waals surface area contributed by atoms with Gasteiger partial charge in [-0.15, -0.1) is 11.3 Å². The third-order valence-electron chi connectivity index (χ3n) is 5.02. The number of hydrogen-bond donors (Lipinski definition) is 0. The molecule has 27 heavy (non-hydrogen) atoms. The second-order valence-corrected chi connectivity index (χ2v) is 10.3. The molecule has 1 aromatic heterocycles. The van der Waals surface area contributed by atoms with Crippen LogP contribution in [-0.4, -0.2) is 43.2 Å². The molecule has 0 N–H and O–H groups in total. The average Bonchev–Trinajstić information content (AvgIpc) is 3.28. The maximum absolute atomic E-state index is 12.4. The molecule has 1 unspecified atom stereocenters. The lowest BCUT2D eigenvalue weighted by Gasteiger charge is -2.23. The number of hydrogen-bond acceptors (Lipinski definition) is 5. The molecule has 0 radical (unpaired) electrons. The van der Waals surface area contributed by atoms with Gasteiger partial charge >= 0.3 is 0 Å². The first kappa shape index (κ1) is 18.6. The van der Waals surface area contributed by atoms with E-state index in [1.54, 1.807) is 37.6 Å². The number of para-hydroxylation sites is 1. The van der Waals surface area contributed by atoms with Gasteiger partial charge in [0.25, 0.3) is 0 Å². The van der Waals surface area contributed by atoms with E-state index in [0.29, 0.717) is 10.9 Å². The van der Waals surface area contributed by atoms with E-state index >= 15 is 0 Å². The molecule has 4 rings (SSSR count). The summed E-state index contributed by atoms with van der Waals surface area (Å²) in [6.07, 6.45) is 2.23. The van der Waals surface area contributed by atoms with Gasteiger partial charge in [-0.25, -0.2) is 17.7 Å². The number of thiazole rings is 1. The quantitative estimate of drug-likeness (QED) is 0.651. The maximum Gasteiger partial charge on any atom is 0.242 e. The zero-order valence-electron chi connectivity index (χ0n) is 15.5. The van der Waals surface area contributed by atoms with Crippen LogP contribution in [0.2, 0.25) is 0 Å². The lowest BCUT2D eigenvalue weighted by molar-refractivity contribution is 0.248. The number of likely N-dealkylation sites (tertiary alicyclic amines) is 1. The van der Waals surface area contributed by atoms with Gasteiger partial charge in [0.1, 0.15) is 5.01 Å². The fraction of sp³-hybridized carbons (Fsp3) is 0.350. The van der Waals surface area contributed by atoms with Gasteiger partial charge in [0.05, 0.1) is 21.2 Å². The predicted molar refractivity (Wildman–Crippen MR) is 109 cm³/mol. The highest BCUT2D eigenvalue weighted by molar-refractivity contribution is 7.89. The molecule has 3 aromatic rings. The first-order valence-corrected chi connectivity index (χ1v) is 11.3. The van der Waals surface area contributed by atoms with Gasteiger partial charge in [-0.1, -0.05) is 24.3 Å². The van der Waals surface area contributed by atoms with Crippen LogP contribution in [0.5, 0.6) is 0 Å². The fourth-order valence-electron chi connectivity index (χ4n) is 3.58. The van der Waals surface area contributed by atoms with Crippen molar-refractivity contribution in [2.24, 2.45) is 0 Å². The Kier molecular flexibility index (Phi) is 5.03. The van der Waals surface area contributed by atoms with Crippen LogP contribution in [0.3, 0.4) is 0 Å². The average molecular weight is 402 g/mol. The van der Waals surface area contributed by atoms with Crippen molar-refractivity contribution < 1.29 is 8.42 Å². The van der Waals surface area contributed by atoms with Gasteiger partial charge in [-0.05, 0) is 49.2 Å². The highest BCUT2D eigenvalue weighted by Gasteiger charge is 2.29. The van der Waals surface area contributed by atoms with Crippen molar-refractivity contribution in [1.82, 2.24) is 14.2 Å². The van der Waals surface area contributed by atoms with E-state index in [1.807, 2.05) is 24.3 Å². The number of fused-ring (bicyclic) bond motifs is 1. The van der Waals surface area contributed by atoms with Crippen molar-refractivity contribution in [1.29, 1.82) is 0 Å². The molecule has 1 fully saturated rings. The van der Waals surface area contributed by atoms with Crippen molar-refractivity contribution in [2.45, 2.75) is 30.3 Å². The second kappa shape index (κ2) is 7.31. The minimum atomic E-state index is -3.41. The number of aromatic nitrogens is 1. The summed E-state index contributed by atoms with van der Waals surface area (Å²) in [7, 11) is -0.289. The summed E-state index contributed by atoms with van der Waals surface area (Å²) in [4.78, 5) is 7.60. The lowest BCUT2D eigenvalue weighted by atomic mass is 10.2. The van der Waals surface area contributed by atoms with Gasteiger partial charge in [-0.2, -0.15) is 0 Å². The van der Waals surface area contributed by atoms with E-state index in [1.165, 1.54) is 9.01 Å². The number of rotatable bonds is 5. The summed E-state index contributed by atoms with van der Waals surface area (Å²) in [5, 5.41) is 1.16. The maximum atomic E-state index is 12.4. The molecule has 0 saturated carbocycles. The SMILES string of the molecule is CN(C)S(=O)(=O)c1cccc(CN2CCCC2c2nc3ccccc3s2)c1. The van der Waals surface area contributed by atoms with Crippen LogP contribution in [0.4, 0.5) is 0 Å². The van der Waals surface area contributed by atoms with Crippen LogP contribution < -0.4 is 0 Å². The smallest absolute Gasteiger partial charge is 0.242 e. The summed E-state index contributed by atoms with van der Waals surface area (Å²) in [5.41, 5.74) is 2.08. The Morgan fingerprint density at radius 1 is 1.19 bits per heavy atom. The highest BCUT2D eigenvalue weighted by atomic mass is 32.2. The lowest BCUT2D eigenvalue weighted by Crippen LogP contribution is -2.24. The summed E-state index contributed by atoms with van der Waals surface area (Å²) >= 11 is 1.76. The zero-order valence-corrected chi connectivity index (χ0v) is 17.1. The van der Waals surface area contributed by atoms with Crippen molar-refractivity contribution in [2.75, 3.05) is 20.6 Å². The molecular formula is C20H23N3O2S2. The van der Waals surface area contributed by atoms with Crippen LogP contribution in [0, 0.1) is 0 Å². The Morgan fingerprint density at radius 2 is 2.00 bits per heavy atom. The molecule has 0 bridgehead atoms. The number of sulfonamides is 1. The van der Waals surface area contributed by atoms with Crippen LogP contribution in [0.25, 0.3) is 10.2 Å². The molecule has 0 spiro atoms. The highest BCUT2D eigenvalue weighted by Crippen LogP contribution is 2.37. The van der Waals surface area contributed by atoms with Crippen LogP contribution >= 0.6 is 11.3 Å². The molecule has 0 aliphatic carbocycles. The summed E-state index contributed by atoms with van der Waals surface area (Å²) < 4.78 is 27.3. The summed E-state index contributed by atoms with van der Waals surface area (Å²) in [6, 6.07) is 15.8. The van der Waals surface area contributed by atoms with Crippen molar-refractivity contribution in [3.63, 3.8) is 0 Å². The minimum absolute atomic E-state index is 0.302. The van der Waals surface area contributed by atoms with Gasteiger partial charge in [0.15, 0.2) is 0 Å². The molecule has 1 aliphatic heterocycles. The minimum Gasteiger partial charge on any atom is -0.290 e. The van der Waals surface area contributed by atoms with Gasteiger partial charge in [0, 0.05) is 20.6 Å². The predicted octanol–water partition coefficient (Wildman–Crippen LogP) is 3.88. The summed E-state index contributed by atoms with van der Waals surface area (Å²) in [5.74, 6) is 0. The van der Waals surface area contributed by atoms with Crippen LogP contribution in [0.15, 0.2) is 53.4 Å². The topological polar surface area (TPSA) is 53.5 Å². The van der Waals surface area contributed by atoms with Crippen LogP contribution in [-0.2, 0) is 16.6 Å². The Labute approximate surface area is 164 Å². The Bertz CT molecular complexity index is 1030. The second-order valence-electron chi connectivity index (χ2n) is 7.08. The third kappa shape index (κ3) is 3.65. The Hall–Kier alpha value is -1.80. The number of nitrogens with zero attached hydrogens (tertiary/aromatic N) is 3. The molecule has 7 heteroatoms. The number of benzene rings is 2. The normalized spacial score (nSPS) is 18.6. The van der Waals surface area contributed by atoms with E-state index in [4.69, 9.17) is 4.98 Å². The monoisotopic (exact) mass is 401 g/mol. The molecule has 142 valence electrons. The van der Waals surface area contributed by atoms with E-state index in [0.717, 1.165) is 42.0 Å². The van der Waals surface area contributed by atoms with Gasteiger partial charge in [0.2, 0.25) is 10.0 Å². The van der Waals surface area contributed by atoms with Crippen molar-refractivity contribution in [3.8, 4) is 0 Å². The molecular weight excluding hydrogens is 378 g/mol. The zero-order chi connectivity index (χ0) is 19.0. The molecule has 1 atom stereocenters. The van der Waals surface area contributed by atoms with Crippen LogP contribution in [0.1, 0.15) is 29.5 Å². The molecule has 1 saturated heterocycles. The molecule has 2 aromatic carbocycles. The Morgan fingerprint density at radius 3 is 2.78 bits per heavy atom.